The van der Waals surface area contributed by atoms with Crippen LogP contribution in [0, 0.1) is 11.8 Å². The first-order chi connectivity index (χ1) is 7.42. The van der Waals surface area contributed by atoms with Crippen LogP contribution in [0.2, 0.25) is 0 Å². The summed E-state index contributed by atoms with van der Waals surface area (Å²) in [5, 5.41) is 3.12. The molecule has 0 aromatic carbocycles. The van der Waals surface area contributed by atoms with Gasteiger partial charge in [0.25, 0.3) is 5.91 Å². The first kappa shape index (κ1) is 13.5. The highest BCUT2D eigenvalue weighted by atomic mass is 16.5. The van der Waals surface area contributed by atoms with Crippen molar-refractivity contribution in [1.29, 1.82) is 0 Å². The van der Waals surface area contributed by atoms with Gasteiger partial charge in [-0.15, -0.1) is 0 Å². The van der Waals surface area contributed by atoms with Crippen LogP contribution in [0.4, 0.5) is 0 Å². The Balaban J connectivity index is 2.53. The van der Waals surface area contributed by atoms with Crippen molar-refractivity contribution in [3.05, 3.63) is 0 Å². The van der Waals surface area contributed by atoms with E-state index in [1.165, 1.54) is 12.8 Å². The Bertz CT molecular complexity index is 250. The van der Waals surface area contributed by atoms with E-state index in [0.29, 0.717) is 12.0 Å². The highest BCUT2D eigenvalue weighted by molar-refractivity contribution is 5.84. The van der Waals surface area contributed by atoms with Gasteiger partial charge in [0, 0.05) is 13.2 Å². The summed E-state index contributed by atoms with van der Waals surface area (Å²) >= 11 is 0. The summed E-state index contributed by atoms with van der Waals surface area (Å²) in [5.74, 6) is 1.35. The molecule has 1 fully saturated rings. The maximum atomic E-state index is 12.0. The minimum atomic E-state index is -0.718. The number of rotatable bonds is 4. The molecule has 16 heavy (non-hydrogen) atoms. The van der Waals surface area contributed by atoms with Crippen molar-refractivity contribution in [1.82, 2.24) is 5.32 Å². The van der Waals surface area contributed by atoms with E-state index >= 15 is 0 Å². The molecule has 1 N–H and O–H groups in total. The molecular weight excluding hydrogens is 202 g/mol. The predicted molar refractivity (Wildman–Crippen MR) is 65.2 cm³/mol. The molecular formula is C13H25NO2. The Kier molecular flexibility index (Phi) is 4.36. The summed E-state index contributed by atoms with van der Waals surface area (Å²) in [6.07, 6.45) is 3.54. The predicted octanol–water partition coefficient (Wildman–Crippen LogP) is 2.35. The second kappa shape index (κ2) is 5.17. The lowest BCUT2D eigenvalue weighted by molar-refractivity contribution is -0.140. The molecule has 1 aliphatic carbocycles. The van der Waals surface area contributed by atoms with Gasteiger partial charge < -0.3 is 10.1 Å². The van der Waals surface area contributed by atoms with Gasteiger partial charge >= 0.3 is 0 Å². The van der Waals surface area contributed by atoms with Crippen LogP contribution in [0.25, 0.3) is 0 Å². The minimum Gasteiger partial charge on any atom is -0.369 e. The van der Waals surface area contributed by atoms with Gasteiger partial charge in [-0.05, 0) is 38.5 Å². The van der Waals surface area contributed by atoms with E-state index in [0.717, 1.165) is 12.3 Å². The normalized spacial score (nSPS) is 30.4. The van der Waals surface area contributed by atoms with Crippen molar-refractivity contribution >= 4 is 5.91 Å². The van der Waals surface area contributed by atoms with Gasteiger partial charge in [-0.3, -0.25) is 4.79 Å². The molecule has 0 radical (unpaired) electrons. The fourth-order valence-electron chi connectivity index (χ4n) is 2.46. The Morgan fingerprint density at radius 2 is 2.06 bits per heavy atom. The molecule has 1 amide bonds. The smallest absolute Gasteiger partial charge is 0.251 e. The third-order valence-electron chi connectivity index (χ3n) is 4.12. The molecule has 0 bridgehead atoms. The summed E-state index contributed by atoms with van der Waals surface area (Å²) in [5.41, 5.74) is -0.718. The lowest BCUT2D eigenvalue weighted by Gasteiger charge is -2.27. The second-order valence-electron chi connectivity index (χ2n) is 5.40. The van der Waals surface area contributed by atoms with E-state index in [9.17, 15) is 4.79 Å². The zero-order chi connectivity index (χ0) is 12.3. The average Bonchev–Trinajstić information content (AvgIpc) is 2.60. The van der Waals surface area contributed by atoms with Crippen molar-refractivity contribution in [2.24, 2.45) is 11.8 Å². The highest BCUT2D eigenvalue weighted by Crippen LogP contribution is 2.34. The molecule has 0 saturated heterocycles. The minimum absolute atomic E-state index is 0.00334. The van der Waals surface area contributed by atoms with Crippen LogP contribution in [0.1, 0.15) is 47.0 Å². The lowest BCUT2D eigenvalue weighted by Crippen LogP contribution is -2.48. The van der Waals surface area contributed by atoms with Gasteiger partial charge in [0.05, 0.1) is 0 Å². The van der Waals surface area contributed by atoms with Crippen molar-refractivity contribution in [3.63, 3.8) is 0 Å². The van der Waals surface area contributed by atoms with E-state index in [1.54, 1.807) is 21.0 Å². The topological polar surface area (TPSA) is 38.3 Å². The number of amides is 1. The number of nitrogens with one attached hydrogen (secondary N) is 1. The van der Waals surface area contributed by atoms with Crippen LogP contribution in [-0.4, -0.2) is 24.7 Å². The van der Waals surface area contributed by atoms with Gasteiger partial charge in [-0.2, -0.15) is 0 Å². The van der Waals surface area contributed by atoms with Gasteiger partial charge in [-0.25, -0.2) is 0 Å². The van der Waals surface area contributed by atoms with E-state index in [4.69, 9.17) is 4.74 Å². The molecule has 0 aliphatic heterocycles. The first-order valence-corrected chi connectivity index (χ1v) is 6.28. The van der Waals surface area contributed by atoms with Crippen molar-refractivity contribution < 1.29 is 9.53 Å². The quantitative estimate of drug-likeness (QED) is 0.800. The third-order valence-corrected chi connectivity index (χ3v) is 4.12. The van der Waals surface area contributed by atoms with E-state index in [2.05, 4.69) is 19.2 Å². The molecule has 0 aromatic rings. The largest absolute Gasteiger partial charge is 0.369 e. The molecule has 1 saturated carbocycles. The molecule has 0 heterocycles. The molecule has 1 aliphatic rings. The Morgan fingerprint density at radius 1 is 1.44 bits per heavy atom. The van der Waals surface area contributed by atoms with Crippen LogP contribution in [-0.2, 0) is 9.53 Å². The van der Waals surface area contributed by atoms with Gasteiger partial charge in [0.2, 0.25) is 0 Å². The Morgan fingerprint density at radius 3 is 2.50 bits per heavy atom. The summed E-state index contributed by atoms with van der Waals surface area (Å²) in [6, 6.07) is 0.326. The standard InChI is InChI=1S/C13H25NO2/c1-6-10-7-8-11(9(10)2)14-12(15)13(3,4)16-5/h9-11H,6-8H2,1-5H3,(H,14,15). The van der Waals surface area contributed by atoms with Crippen LogP contribution in [0.15, 0.2) is 0 Å². The van der Waals surface area contributed by atoms with Crippen molar-refractivity contribution in [3.8, 4) is 0 Å². The highest BCUT2D eigenvalue weighted by Gasteiger charge is 2.35. The SMILES string of the molecule is CCC1CCC(NC(=O)C(C)(C)OC)C1C. The number of methoxy groups -OCH3 is 1. The lowest BCUT2D eigenvalue weighted by atomic mass is 9.93. The first-order valence-electron chi connectivity index (χ1n) is 6.28. The summed E-state index contributed by atoms with van der Waals surface area (Å²) < 4.78 is 5.19. The molecule has 94 valence electrons. The Hall–Kier alpha value is -0.570. The summed E-state index contributed by atoms with van der Waals surface area (Å²) in [7, 11) is 1.58. The maximum absolute atomic E-state index is 12.0. The number of hydrogen-bond donors (Lipinski definition) is 1. The van der Waals surface area contributed by atoms with E-state index < -0.39 is 5.60 Å². The molecule has 0 spiro atoms. The van der Waals surface area contributed by atoms with Gasteiger partial charge in [0.1, 0.15) is 5.60 Å². The van der Waals surface area contributed by atoms with Crippen LogP contribution < -0.4 is 5.32 Å². The molecule has 3 heteroatoms. The summed E-state index contributed by atoms with van der Waals surface area (Å²) in [6.45, 7) is 8.08. The van der Waals surface area contributed by atoms with E-state index in [-0.39, 0.29) is 5.91 Å². The maximum Gasteiger partial charge on any atom is 0.251 e. The van der Waals surface area contributed by atoms with Crippen LogP contribution >= 0.6 is 0 Å². The fourth-order valence-corrected chi connectivity index (χ4v) is 2.46. The Labute approximate surface area is 98.9 Å². The monoisotopic (exact) mass is 227 g/mol. The molecule has 3 unspecified atom stereocenters. The average molecular weight is 227 g/mol. The molecule has 3 atom stereocenters. The molecule has 3 nitrogen and oxygen atoms in total. The van der Waals surface area contributed by atoms with E-state index in [1.807, 2.05) is 0 Å². The van der Waals surface area contributed by atoms with Crippen molar-refractivity contribution in [2.75, 3.05) is 7.11 Å². The number of hydrogen-bond acceptors (Lipinski definition) is 2. The molecule has 0 aromatic heterocycles. The second-order valence-corrected chi connectivity index (χ2v) is 5.40. The number of carbonyl (C=O) groups excluding carboxylic acids is 1. The van der Waals surface area contributed by atoms with Gasteiger partial charge in [0.15, 0.2) is 0 Å². The fraction of sp³-hybridized carbons (Fsp3) is 0.923. The van der Waals surface area contributed by atoms with Crippen molar-refractivity contribution in [2.45, 2.75) is 58.6 Å². The number of ether oxygens (including phenoxy) is 1. The molecule has 1 rings (SSSR count). The summed E-state index contributed by atoms with van der Waals surface area (Å²) in [4.78, 5) is 12.0. The van der Waals surface area contributed by atoms with Crippen LogP contribution in [0.5, 0.6) is 0 Å². The number of carbonyl (C=O) groups is 1. The zero-order valence-corrected chi connectivity index (χ0v) is 11.2. The van der Waals surface area contributed by atoms with Gasteiger partial charge in [-0.1, -0.05) is 20.3 Å². The zero-order valence-electron chi connectivity index (χ0n) is 11.2. The van der Waals surface area contributed by atoms with Crippen LogP contribution in [0.3, 0.4) is 0 Å². The third kappa shape index (κ3) is 2.76.